The van der Waals surface area contributed by atoms with Crippen LogP contribution in [0.4, 0.5) is 13.2 Å². The minimum Gasteiger partial charge on any atom is -0.616 e. The normalized spacial score (nSPS) is 25.9. The molecular weight excluding hydrogens is 249 g/mol. The van der Waals surface area contributed by atoms with E-state index in [0.29, 0.717) is 17.7 Å². The zero-order valence-electron chi connectivity index (χ0n) is 9.17. The van der Waals surface area contributed by atoms with Crippen LogP contribution in [0.25, 0.3) is 0 Å². The summed E-state index contributed by atoms with van der Waals surface area (Å²) in [5, 5.41) is -0.231. The van der Waals surface area contributed by atoms with Gasteiger partial charge in [0.15, 0.2) is 0 Å². The predicted octanol–water partition coefficient (Wildman–Crippen LogP) is 3.68. The van der Waals surface area contributed by atoms with E-state index < -0.39 is 22.9 Å². The molecule has 1 aliphatic heterocycles. The summed E-state index contributed by atoms with van der Waals surface area (Å²) >= 11 is -1.03. The molecule has 1 fully saturated rings. The predicted molar refractivity (Wildman–Crippen MR) is 61.0 cm³/mol. The average molecular weight is 262 g/mol. The molecule has 1 heterocycles. The Morgan fingerprint density at radius 1 is 1.24 bits per heavy atom. The Balaban J connectivity index is 2.26. The van der Waals surface area contributed by atoms with Crippen molar-refractivity contribution in [3.63, 3.8) is 0 Å². The molecule has 2 unspecified atom stereocenters. The van der Waals surface area contributed by atoms with Crippen LogP contribution in [-0.4, -0.2) is 10.3 Å². The van der Waals surface area contributed by atoms with E-state index in [4.69, 9.17) is 0 Å². The van der Waals surface area contributed by atoms with Crippen LogP contribution in [0.1, 0.15) is 35.6 Å². The molecule has 0 radical (unpaired) electrons. The van der Waals surface area contributed by atoms with Crippen LogP contribution >= 0.6 is 0 Å². The van der Waals surface area contributed by atoms with Crippen molar-refractivity contribution in [2.24, 2.45) is 0 Å². The summed E-state index contributed by atoms with van der Waals surface area (Å²) in [5.41, 5.74) is -0.101. The molecule has 1 aromatic rings. The van der Waals surface area contributed by atoms with E-state index in [-0.39, 0.29) is 5.25 Å². The molecule has 0 spiro atoms. The zero-order chi connectivity index (χ0) is 12.5. The van der Waals surface area contributed by atoms with E-state index in [1.807, 2.05) is 0 Å². The van der Waals surface area contributed by atoms with Crippen LogP contribution in [0.5, 0.6) is 0 Å². The lowest BCUT2D eigenvalue weighted by atomic mass is 10.0. The molecule has 2 rings (SSSR count). The van der Waals surface area contributed by atoms with Gasteiger partial charge in [-0.05, 0) is 42.6 Å². The number of alkyl halides is 3. The molecule has 1 nitrogen and oxygen atoms in total. The van der Waals surface area contributed by atoms with Gasteiger partial charge < -0.3 is 4.55 Å². The molecular formula is C12H13F3OS. The Labute approximate surface area is 101 Å². The smallest absolute Gasteiger partial charge is 0.416 e. The van der Waals surface area contributed by atoms with Crippen LogP contribution in [0.15, 0.2) is 24.3 Å². The standard InChI is InChI=1S/C12H13F3OS/c13-12(14,15)10-5-3-4-9(8-10)11-6-1-2-7-17(11)16/h3-5,8,11H,1-2,6-7H2. The molecule has 0 saturated carbocycles. The van der Waals surface area contributed by atoms with Crippen molar-refractivity contribution < 1.29 is 17.7 Å². The first-order valence-corrected chi connectivity index (χ1v) is 6.91. The summed E-state index contributed by atoms with van der Waals surface area (Å²) in [6.45, 7) is 0. The largest absolute Gasteiger partial charge is 0.616 e. The van der Waals surface area contributed by atoms with Crippen LogP contribution < -0.4 is 0 Å². The van der Waals surface area contributed by atoms with Gasteiger partial charge in [0, 0.05) is 5.56 Å². The number of rotatable bonds is 1. The highest BCUT2D eigenvalue weighted by Crippen LogP contribution is 2.36. The number of benzene rings is 1. The average Bonchev–Trinajstić information content (AvgIpc) is 2.29. The molecule has 0 bridgehead atoms. The second-order valence-corrected chi connectivity index (χ2v) is 5.93. The summed E-state index contributed by atoms with van der Waals surface area (Å²) in [4.78, 5) is 0. The van der Waals surface area contributed by atoms with Gasteiger partial charge in [0.05, 0.1) is 5.56 Å². The third kappa shape index (κ3) is 2.96. The highest BCUT2D eigenvalue weighted by atomic mass is 32.2. The van der Waals surface area contributed by atoms with Gasteiger partial charge in [0.2, 0.25) is 0 Å². The Hall–Kier alpha value is -0.680. The lowest BCUT2D eigenvalue weighted by Gasteiger charge is -2.26. The summed E-state index contributed by atoms with van der Waals surface area (Å²) in [5.74, 6) is 0.598. The maximum absolute atomic E-state index is 12.6. The van der Waals surface area contributed by atoms with E-state index in [1.54, 1.807) is 6.07 Å². The molecule has 94 valence electrons. The lowest BCUT2D eigenvalue weighted by Crippen LogP contribution is -2.22. The van der Waals surface area contributed by atoms with Gasteiger partial charge in [-0.1, -0.05) is 12.1 Å². The lowest BCUT2D eigenvalue weighted by molar-refractivity contribution is -0.137. The molecule has 2 atom stereocenters. The van der Waals surface area contributed by atoms with Gasteiger partial charge in [-0.2, -0.15) is 13.2 Å². The van der Waals surface area contributed by atoms with Crippen molar-refractivity contribution >= 4 is 11.2 Å². The number of halogens is 3. The van der Waals surface area contributed by atoms with Crippen LogP contribution in [0.2, 0.25) is 0 Å². The fourth-order valence-electron chi connectivity index (χ4n) is 2.08. The molecule has 1 aliphatic rings. The maximum atomic E-state index is 12.6. The first-order chi connectivity index (χ1) is 7.98. The topological polar surface area (TPSA) is 23.1 Å². The summed E-state index contributed by atoms with van der Waals surface area (Å²) in [6, 6.07) is 5.22. The van der Waals surface area contributed by atoms with E-state index in [9.17, 15) is 17.7 Å². The fourth-order valence-corrected chi connectivity index (χ4v) is 3.73. The summed E-state index contributed by atoms with van der Waals surface area (Å²) in [7, 11) is 0. The van der Waals surface area contributed by atoms with E-state index in [0.717, 1.165) is 25.0 Å². The van der Waals surface area contributed by atoms with Gasteiger partial charge >= 0.3 is 6.18 Å². The molecule has 5 heteroatoms. The minimum absolute atomic E-state index is 0.231. The quantitative estimate of drug-likeness (QED) is 0.708. The van der Waals surface area contributed by atoms with Crippen molar-refractivity contribution in [1.29, 1.82) is 0 Å². The molecule has 17 heavy (non-hydrogen) atoms. The Morgan fingerprint density at radius 3 is 2.65 bits per heavy atom. The van der Waals surface area contributed by atoms with Crippen LogP contribution in [0.3, 0.4) is 0 Å². The van der Waals surface area contributed by atoms with E-state index >= 15 is 0 Å². The number of hydrogen-bond acceptors (Lipinski definition) is 1. The van der Waals surface area contributed by atoms with Gasteiger partial charge in [-0.25, -0.2) is 0 Å². The molecule has 0 amide bonds. The second-order valence-electron chi connectivity index (χ2n) is 4.19. The Morgan fingerprint density at radius 2 is 2.00 bits per heavy atom. The first kappa shape index (κ1) is 12.8. The zero-order valence-corrected chi connectivity index (χ0v) is 9.98. The van der Waals surface area contributed by atoms with Crippen molar-refractivity contribution in [2.75, 3.05) is 5.75 Å². The SMILES string of the molecule is [O-][S+]1CCCCC1c1cccc(C(F)(F)F)c1. The molecule has 0 aromatic heterocycles. The molecule has 1 saturated heterocycles. The Bertz CT molecular complexity index is 392. The van der Waals surface area contributed by atoms with Gasteiger partial charge in [0.25, 0.3) is 0 Å². The van der Waals surface area contributed by atoms with Crippen molar-refractivity contribution in [3.8, 4) is 0 Å². The third-order valence-electron chi connectivity index (χ3n) is 2.96. The first-order valence-electron chi connectivity index (χ1n) is 5.53. The molecule has 0 N–H and O–H groups in total. The highest BCUT2D eigenvalue weighted by Gasteiger charge is 2.33. The summed E-state index contributed by atoms with van der Waals surface area (Å²) in [6.07, 6.45) is -1.77. The monoisotopic (exact) mass is 262 g/mol. The van der Waals surface area contributed by atoms with Gasteiger partial charge in [-0.3, -0.25) is 0 Å². The van der Waals surface area contributed by atoms with Gasteiger partial charge in [-0.15, -0.1) is 0 Å². The van der Waals surface area contributed by atoms with E-state index in [1.165, 1.54) is 6.07 Å². The third-order valence-corrected chi connectivity index (χ3v) is 4.80. The highest BCUT2D eigenvalue weighted by molar-refractivity contribution is 7.91. The van der Waals surface area contributed by atoms with E-state index in [2.05, 4.69) is 0 Å². The second kappa shape index (κ2) is 4.90. The van der Waals surface area contributed by atoms with Crippen molar-refractivity contribution in [1.82, 2.24) is 0 Å². The minimum atomic E-state index is -4.33. The molecule has 0 aliphatic carbocycles. The summed E-state index contributed by atoms with van der Waals surface area (Å²) < 4.78 is 49.5. The fraction of sp³-hybridized carbons (Fsp3) is 0.500. The van der Waals surface area contributed by atoms with Crippen LogP contribution in [0, 0.1) is 0 Å². The van der Waals surface area contributed by atoms with Crippen molar-refractivity contribution in [2.45, 2.75) is 30.7 Å². The number of hydrogen-bond donors (Lipinski definition) is 0. The Kier molecular flexibility index (Phi) is 3.68. The molecule has 1 aromatic carbocycles. The van der Waals surface area contributed by atoms with Crippen LogP contribution in [-0.2, 0) is 17.4 Å². The van der Waals surface area contributed by atoms with Crippen molar-refractivity contribution in [3.05, 3.63) is 35.4 Å². The maximum Gasteiger partial charge on any atom is 0.416 e. The van der Waals surface area contributed by atoms with Gasteiger partial charge in [0.1, 0.15) is 11.0 Å².